The Hall–Kier alpha value is 0.340. The normalized spacial score (nSPS) is 13.6. The summed E-state index contributed by atoms with van der Waals surface area (Å²) in [7, 11) is -2.89. The maximum atomic E-state index is 11.0. The Labute approximate surface area is 124 Å². The second-order valence-corrected chi connectivity index (χ2v) is 8.40. The minimum Gasteiger partial charge on any atom is -0.324 e. The molecule has 6 heteroatoms. The van der Waals surface area contributed by atoms with E-state index in [9.17, 15) is 8.42 Å². The smallest absolute Gasteiger partial charge is 0.147 e. The van der Waals surface area contributed by atoms with Crippen LogP contribution in [0.25, 0.3) is 0 Å². The highest BCUT2D eigenvalue weighted by molar-refractivity contribution is 14.1. The Morgan fingerprint density at radius 3 is 2.71 bits per heavy atom. The fraction of sp³-hybridized carbons (Fsp3) is 0.455. The van der Waals surface area contributed by atoms with Gasteiger partial charge in [0.25, 0.3) is 0 Å². The lowest BCUT2D eigenvalue weighted by molar-refractivity contribution is 0.587. The quantitative estimate of drug-likeness (QED) is 0.729. The molecule has 0 heterocycles. The van der Waals surface area contributed by atoms with Gasteiger partial charge < -0.3 is 5.73 Å². The first-order chi connectivity index (χ1) is 7.79. The molecule has 1 aromatic rings. The van der Waals surface area contributed by atoms with Crippen molar-refractivity contribution in [2.45, 2.75) is 18.9 Å². The van der Waals surface area contributed by atoms with E-state index >= 15 is 0 Å². The summed E-state index contributed by atoms with van der Waals surface area (Å²) in [5, 5.41) is 0. The Morgan fingerprint density at radius 1 is 1.47 bits per heavy atom. The van der Waals surface area contributed by atoms with E-state index in [2.05, 4.69) is 38.5 Å². The predicted octanol–water partition coefficient (Wildman–Crippen LogP) is 2.88. The van der Waals surface area contributed by atoms with Gasteiger partial charge in [-0.2, -0.15) is 0 Å². The van der Waals surface area contributed by atoms with E-state index in [1.807, 2.05) is 18.2 Å². The fourth-order valence-corrected chi connectivity index (χ4v) is 3.27. The predicted molar refractivity (Wildman–Crippen MR) is 82.7 cm³/mol. The summed E-state index contributed by atoms with van der Waals surface area (Å²) in [5.41, 5.74) is 7.10. The van der Waals surface area contributed by atoms with Crippen molar-refractivity contribution in [2.24, 2.45) is 5.73 Å². The summed E-state index contributed by atoms with van der Waals surface area (Å²) in [6.45, 7) is 0. The minimum atomic E-state index is -2.89. The van der Waals surface area contributed by atoms with Gasteiger partial charge in [0.15, 0.2) is 0 Å². The van der Waals surface area contributed by atoms with Gasteiger partial charge in [0.1, 0.15) is 9.84 Å². The number of nitrogens with two attached hydrogens (primary N) is 1. The van der Waals surface area contributed by atoms with Crippen LogP contribution in [-0.2, 0) is 9.84 Å². The average Bonchev–Trinajstić information content (AvgIpc) is 2.19. The van der Waals surface area contributed by atoms with E-state index in [1.54, 1.807) is 0 Å². The van der Waals surface area contributed by atoms with Crippen molar-refractivity contribution < 1.29 is 8.42 Å². The van der Waals surface area contributed by atoms with Crippen molar-refractivity contribution in [3.05, 3.63) is 31.8 Å². The van der Waals surface area contributed by atoms with Crippen LogP contribution in [0.4, 0.5) is 0 Å². The van der Waals surface area contributed by atoms with Gasteiger partial charge >= 0.3 is 0 Å². The van der Waals surface area contributed by atoms with Crippen molar-refractivity contribution in [3.63, 3.8) is 0 Å². The molecule has 0 saturated carbocycles. The van der Waals surface area contributed by atoms with Crippen molar-refractivity contribution in [1.29, 1.82) is 0 Å². The van der Waals surface area contributed by atoms with Gasteiger partial charge in [0.2, 0.25) is 0 Å². The lowest BCUT2D eigenvalue weighted by Gasteiger charge is -2.14. The zero-order chi connectivity index (χ0) is 13.1. The van der Waals surface area contributed by atoms with E-state index in [0.29, 0.717) is 12.8 Å². The number of hydrogen-bond acceptors (Lipinski definition) is 3. The van der Waals surface area contributed by atoms with E-state index < -0.39 is 9.84 Å². The molecule has 0 saturated heterocycles. The number of hydrogen-bond donors (Lipinski definition) is 1. The maximum Gasteiger partial charge on any atom is 0.147 e. The Bertz CT molecular complexity index is 490. The SMILES string of the molecule is CS(=O)(=O)CCCC(N)c1cc(I)ccc1Br. The average molecular weight is 432 g/mol. The molecule has 17 heavy (non-hydrogen) atoms. The Morgan fingerprint density at radius 2 is 2.12 bits per heavy atom. The van der Waals surface area contributed by atoms with E-state index in [4.69, 9.17) is 5.73 Å². The molecule has 1 rings (SSSR count). The summed E-state index contributed by atoms with van der Waals surface area (Å²) < 4.78 is 24.1. The van der Waals surface area contributed by atoms with Crippen LogP contribution in [0.1, 0.15) is 24.4 Å². The molecular weight excluding hydrogens is 417 g/mol. The van der Waals surface area contributed by atoms with Gasteiger partial charge in [-0.15, -0.1) is 0 Å². The Kier molecular flexibility index (Phi) is 5.88. The van der Waals surface area contributed by atoms with Crippen LogP contribution in [0.3, 0.4) is 0 Å². The Balaban J connectivity index is 2.64. The first kappa shape index (κ1) is 15.4. The van der Waals surface area contributed by atoms with Crippen LogP contribution in [-0.4, -0.2) is 20.4 Å². The van der Waals surface area contributed by atoms with Crippen molar-refractivity contribution >= 4 is 48.4 Å². The third kappa shape index (κ3) is 5.67. The summed E-state index contributed by atoms with van der Waals surface area (Å²) in [6.07, 6.45) is 2.52. The van der Waals surface area contributed by atoms with Gasteiger partial charge in [0, 0.05) is 26.1 Å². The molecule has 0 spiro atoms. The largest absolute Gasteiger partial charge is 0.324 e. The molecule has 1 aromatic carbocycles. The molecule has 0 aliphatic carbocycles. The molecule has 0 amide bonds. The third-order valence-corrected chi connectivity index (χ3v) is 4.81. The first-order valence-corrected chi connectivity index (χ1v) is 9.11. The van der Waals surface area contributed by atoms with Gasteiger partial charge in [-0.1, -0.05) is 15.9 Å². The highest BCUT2D eigenvalue weighted by Crippen LogP contribution is 2.26. The van der Waals surface area contributed by atoms with E-state index in [0.717, 1.165) is 13.6 Å². The number of halogens is 2. The molecule has 0 aromatic heterocycles. The topological polar surface area (TPSA) is 60.2 Å². The molecule has 1 atom stereocenters. The zero-order valence-corrected chi connectivity index (χ0v) is 14.0. The summed E-state index contributed by atoms with van der Waals surface area (Å²) >= 11 is 5.69. The monoisotopic (exact) mass is 431 g/mol. The van der Waals surface area contributed by atoms with Gasteiger partial charge in [-0.3, -0.25) is 0 Å². The molecule has 3 nitrogen and oxygen atoms in total. The number of sulfone groups is 1. The maximum absolute atomic E-state index is 11.0. The lowest BCUT2D eigenvalue weighted by Crippen LogP contribution is -2.13. The number of rotatable bonds is 5. The third-order valence-electron chi connectivity index (χ3n) is 2.39. The molecule has 0 radical (unpaired) electrons. The molecule has 1 unspecified atom stereocenters. The van der Waals surface area contributed by atoms with Crippen molar-refractivity contribution in [1.82, 2.24) is 0 Å². The summed E-state index contributed by atoms with van der Waals surface area (Å²) in [4.78, 5) is 0. The van der Waals surface area contributed by atoms with Crippen LogP contribution in [0.15, 0.2) is 22.7 Å². The second kappa shape index (κ2) is 6.49. The summed E-state index contributed by atoms with van der Waals surface area (Å²) in [5.74, 6) is 0.197. The second-order valence-electron chi connectivity index (χ2n) is 4.04. The standard InChI is InChI=1S/C11H15BrINO2S/c1-17(15,16)6-2-3-11(14)9-7-8(13)4-5-10(9)12/h4-5,7,11H,2-3,6,14H2,1H3. The fourth-order valence-electron chi connectivity index (χ4n) is 1.52. The van der Waals surface area contributed by atoms with Crippen LogP contribution in [0.2, 0.25) is 0 Å². The minimum absolute atomic E-state index is 0.124. The van der Waals surface area contributed by atoms with E-state index in [1.165, 1.54) is 6.26 Å². The lowest BCUT2D eigenvalue weighted by atomic mass is 10.0. The van der Waals surface area contributed by atoms with E-state index in [-0.39, 0.29) is 11.8 Å². The van der Waals surface area contributed by atoms with Crippen molar-refractivity contribution in [3.8, 4) is 0 Å². The van der Waals surface area contributed by atoms with Crippen LogP contribution < -0.4 is 5.73 Å². The van der Waals surface area contributed by atoms with Crippen molar-refractivity contribution in [2.75, 3.05) is 12.0 Å². The highest BCUT2D eigenvalue weighted by Gasteiger charge is 2.11. The molecule has 0 aliphatic heterocycles. The van der Waals surface area contributed by atoms with Gasteiger partial charge in [-0.25, -0.2) is 8.42 Å². The molecule has 96 valence electrons. The molecule has 2 N–H and O–H groups in total. The van der Waals surface area contributed by atoms with Crippen LogP contribution >= 0.6 is 38.5 Å². The first-order valence-electron chi connectivity index (χ1n) is 5.18. The molecule has 0 fully saturated rings. The van der Waals surface area contributed by atoms with Gasteiger partial charge in [0.05, 0.1) is 0 Å². The number of benzene rings is 1. The molecular formula is C11H15BrINO2S. The summed E-state index contributed by atoms with van der Waals surface area (Å²) in [6, 6.07) is 5.86. The molecule has 0 aliphatic rings. The van der Waals surface area contributed by atoms with Crippen LogP contribution in [0, 0.1) is 3.57 Å². The molecule has 0 bridgehead atoms. The zero-order valence-electron chi connectivity index (χ0n) is 9.49. The van der Waals surface area contributed by atoms with Crippen LogP contribution in [0.5, 0.6) is 0 Å². The highest BCUT2D eigenvalue weighted by atomic mass is 127. The van der Waals surface area contributed by atoms with Gasteiger partial charge in [-0.05, 0) is 59.2 Å².